The number of ether oxygens (including phenoxy) is 1. The van der Waals surface area contributed by atoms with Gasteiger partial charge in [0.25, 0.3) is 5.56 Å². The molecule has 3 aromatic heterocycles. The number of halogens is 1. The molecule has 150 valence electrons. The molecule has 0 aliphatic heterocycles. The first-order valence-electron chi connectivity index (χ1n) is 8.94. The van der Waals surface area contributed by atoms with E-state index in [-0.39, 0.29) is 5.56 Å². The summed E-state index contributed by atoms with van der Waals surface area (Å²) in [6.45, 7) is 4.99. The summed E-state index contributed by atoms with van der Waals surface area (Å²) in [7, 11) is 0. The van der Waals surface area contributed by atoms with Crippen LogP contribution in [0.3, 0.4) is 0 Å². The Morgan fingerprint density at radius 3 is 2.93 bits per heavy atom. The SMILES string of the molecule is CCn1c(COc2ccc(Cl)c(C)c2)nnc1SCc1cc(=O)n2ccsc2n1. The van der Waals surface area contributed by atoms with E-state index in [2.05, 4.69) is 15.2 Å². The lowest BCUT2D eigenvalue weighted by molar-refractivity contribution is 0.288. The van der Waals surface area contributed by atoms with Crippen molar-refractivity contribution < 1.29 is 4.74 Å². The number of aromatic nitrogens is 5. The summed E-state index contributed by atoms with van der Waals surface area (Å²) in [6, 6.07) is 7.11. The van der Waals surface area contributed by atoms with Crippen LogP contribution in [0.4, 0.5) is 0 Å². The fourth-order valence-electron chi connectivity index (χ4n) is 2.81. The Morgan fingerprint density at radius 1 is 1.28 bits per heavy atom. The van der Waals surface area contributed by atoms with Crippen molar-refractivity contribution >= 4 is 39.7 Å². The van der Waals surface area contributed by atoms with Gasteiger partial charge in [0.1, 0.15) is 12.4 Å². The summed E-state index contributed by atoms with van der Waals surface area (Å²) in [5.74, 6) is 2.02. The Labute approximate surface area is 180 Å². The van der Waals surface area contributed by atoms with Gasteiger partial charge in [-0.3, -0.25) is 9.20 Å². The first kappa shape index (κ1) is 19.9. The van der Waals surface area contributed by atoms with Crippen LogP contribution in [0.1, 0.15) is 24.0 Å². The zero-order valence-electron chi connectivity index (χ0n) is 15.8. The fraction of sp³-hybridized carbons (Fsp3) is 0.263. The van der Waals surface area contributed by atoms with E-state index in [1.807, 2.05) is 42.0 Å². The molecule has 0 fully saturated rings. The Bertz CT molecular complexity index is 1220. The summed E-state index contributed by atoms with van der Waals surface area (Å²) >= 11 is 9.00. The van der Waals surface area contributed by atoms with Crippen LogP contribution in [0.2, 0.25) is 5.02 Å². The minimum absolute atomic E-state index is 0.0730. The molecular formula is C19H18ClN5O2S2. The first-order chi connectivity index (χ1) is 14.0. The van der Waals surface area contributed by atoms with Crippen LogP contribution in [0.5, 0.6) is 5.75 Å². The summed E-state index contributed by atoms with van der Waals surface area (Å²) in [4.78, 5) is 17.4. The lowest BCUT2D eigenvalue weighted by atomic mass is 10.2. The van der Waals surface area contributed by atoms with Crippen LogP contribution < -0.4 is 10.3 Å². The maximum absolute atomic E-state index is 12.1. The molecule has 7 nitrogen and oxygen atoms in total. The maximum Gasteiger partial charge on any atom is 0.258 e. The minimum atomic E-state index is -0.0730. The summed E-state index contributed by atoms with van der Waals surface area (Å²) < 4.78 is 9.40. The monoisotopic (exact) mass is 447 g/mol. The van der Waals surface area contributed by atoms with Gasteiger partial charge in [-0.2, -0.15) is 0 Å². The number of hydrogen-bond donors (Lipinski definition) is 0. The molecule has 1 aromatic carbocycles. The highest BCUT2D eigenvalue weighted by Gasteiger charge is 2.13. The minimum Gasteiger partial charge on any atom is -0.486 e. The van der Waals surface area contributed by atoms with Crippen LogP contribution in [0.25, 0.3) is 4.96 Å². The van der Waals surface area contributed by atoms with Crippen molar-refractivity contribution in [3.05, 3.63) is 68.3 Å². The predicted octanol–water partition coefficient (Wildman–Crippen LogP) is 4.20. The van der Waals surface area contributed by atoms with E-state index in [9.17, 15) is 4.79 Å². The fourth-order valence-corrected chi connectivity index (χ4v) is 4.58. The van der Waals surface area contributed by atoms with Crippen LogP contribution in [0.15, 0.2) is 45.8 Å². The predicted molar refractivity (Wildman–Crippen MR) is 115 cm³/mol. The second-order valence-electron chi connectivity index (χ2n) is 6.27. The van der Waals surface area contributed by atoms with Gasteiger partial charge >= 0.3 is 0 Å². The Morgan fingerprint density at radius 2 is 2.14 bits per heavy atom. The van der Waals surface area contributed by atoms with Gasteiger partial charge in [-0.15, -0.1) is 21.5 Å². The normalized spacial score (nSPS) is 11.3. The summed E-state index contributed by atoms with van der Waals surface area (Å²) in [6.07, 6.45) is 1.73. The molecule has 0 atom stereocenters. The highest BCUT2D eigenvalue weighted by molar-refractivity contribution is 7.98. The molecule has 0 unspecified atom stereocenters. The van der Waals surface area contributed by atoms with Crippen molar-refractivity contribution in [1.29, 1.82) is 0 Å². The second kappa shape index (κ2) is 8.56. The molecule has 29 heavy (non-hydrogen) atoms. The van der Waals surface area contributed by atoms with E-state index in [0.29, 0.717) is 28.9 Å². The van der Waals surface area contributed by atoms with Crippen molar-refractivity contribution in [2.75, 3.05) is 0 Å². The van der Waals surface area contributed by atoms with Crippen molar-refractivity contribution in [3.8, 4) is 5.75 Å². The lowest BCUT2D eigenvalue weighted by Crippen LogP contribution is -2.12. The Balaban J connectivity index is 1.46. The third-order valence-electron chi connectivity index (χ3n) is 4.31. The molecule has 0 bridgehead atoms. The van der Waals surface area contributed by atoms with Crippen LogP contribution >= 0.6 is 34.7 Å². The van der Waals surface area contributed by atoms with Gasteiger partial charge in [-0.05, 0) is 37.6 Å². The van der Waals surface area contributed by atoms with Crippen molar-refractivity contribution in [1.82, 2.24) is 24.1 Å². The van der Waals surface area contributed by atoms with Crippen LogP contribution in [-0.2, 0) is 18.9 Å². The van der Waals surface area contributed by atoms with E-state index in [1.165, 1.54) is 23.1 Å². The van der Waals surface area contributed by atoms with Crippen LogP contribution in [-0.4, -0.2) is 24.1 Å². The topological polar surface area (TPSA) is 74.3 Å². The van der Waals surface area contributed by atoms with Crippen molar-refractivity contribution in [3.63, 3.8) is 0 Å². The summed E-state index contributed by atoms with van der Waals surface area (Å²) in [5.41, 5.74) is 1.61. The molecule has 4 aromatic rings. The van der Waals surface area contributed by atoms with Gasteiger partial charge in [0.05, 0.1) is 5.69 Å². The molecule has 4 rings (SSSR count). The quantitative estimate of drug-likeness (QED) is 0.395. The second-order valence-corrected chi connectivity index (χ2v) is 8.50. The summed E-state index contributed by atoms with van der Waals surface area (Å²) in [5, 5.41) is 11.9. The average Bonchev–Trinajstić information content (AvgIpc) is 3.34. The van der Waals surface area contributed by atoms with Gasteiger partial charge in [-0.25, -0.2) is 4.98 Å². The lowest BCUT2D eigenvalue weighted by Gasteiger charge is -2.09. The molecule has 0 saturated heterocycles. The first-order valence-corrected chi connectivity index (χ1v) is 11.2. The van der Waals surface area contributed by atoms with E-state index in [4.69, 9.17) is 16.3 Å². The molecule has 3 heterocycles. The van der Waals surface area contributed by atoms with E-state index in [1.54, 1.807) is 16.7 Å². The van der Waals surface area contributed by atoms with Gasteiger partial charge < -0.3 is 9.30 Å². The number of thioether (sulfide) groups is 1. The number of benzene rings is 1. The number of aryl methyl sites for hydroxylation is 1. The Hall–Kier alpha value is -2.36. The maximum atomic E-state index is 12.1. The number of hydrogen-bond acceptors (Lipinski definition) is 7. The van der Waals surface area contributed by atoms with E-state index < -0.39 is 0 Å². The largest absolute Gasteiger partial charge is 0.486 e. The smallest absolute Gasteiger partial charge is 0.258 e. The zero-order chi connectivity index (χ0) is 20.4. The van der Waals surface area contributed by atoms with Crippen molar-refractivity contribution in [2.45, 2.75) is 37.9 Å². The number of rotatable bonds is 7. The third-order valence-corrected chi connectivity index (χ3v) is 6.49. The average molecular weight is 448 g/mol. The molecule has 0 aliphatic carbocycles. The molecular weight excluding hydrogens is 430 g/mol. The van der Waals surface area contributed by atoms with Crippen molar-refractivity contribution in [2.24, 2.45) is 0 Å². The number of thiazole rings is 1. The molecule has 0 spiro atoms. The Kier molecular flexibility index (Phi) is 5.89. The molecule has 0 N–H and O–H groups in total. The zero-order valence-corrected chi connectivity index (χ0v) is 18.2. The molecule has 10 heteroatoms. The number of fused-ring (bicyclic) bond motifs is 1. The third kappa shape index (κ3) is 4.31. The number of nitrogens with zero attached hydrogens (tertiary/aromatic N) is 5. The van der Waals surface area contributed by atoms with Gasteiger partial charge in [0.2, 0.25) is 0 Å². The standard InChI is InChI=1S/C19H18ClN5O2S2/c1-3-24-16(10-27-14-4-5-15(20)12(2)8-14)22-23-19(24)29-11-13-9-17(26)25-6-7-28-18(25)21-13/h4-9H,3,10-11H2,1-2H3. The van der Waals surface area contributed by atoms with Crippen LogP contribution in [0, 0.1) is 6.92 Å². The van der Waals surface area contributed by atoms with Gasteiger partial charge in [0.15, 0.2) is 15.9 Å². The van der Waals surface area contributed by atoms with Gasteiger partial charge in [0, 0.05) is 35.0 Å². The molecule has 0 radical (unpaired) electrons. The highest BCUT2D eigenvalue weighted by atomic mass is 35.5. The van der Waals surface area contributed by atoms with E-state index >= 15 is 0 Å². The van der Waals surface area contributed by atoms with E-state index in [0.717, 1.165) is 28.0 Å². The molecule has 0 aliphatic rings. The molecule has 0 saturated carbocycles. The highest BCUT2D eigenvalue weighted by Crippen LogP contribution is 2.24. The van der Waals surface area contributed by atoms with Gasteiger partial charge in [-0.1, -0.05) is 23.4 Å². The molecule has 0 amide bonds.